The molecule has 5 rings (SSSR count). The van der Waals surface area contributed by atoms with Gasteiger partial charge in [0.2, 0.25) is 5.95 Å². The monoisotopic (exact) mass is 508 g/mol. The van der Waals surface area contributed by atoms with Crippen LogP contribution in [0.25, 0.3) is 22.6 Å². The summed E-state index contributed by atoms with van der Waals surface area (Å²) in [5, 5.41) is 26.7. The van der Waals surface area contributed by atoms with E-state index in [9.17, 15) is 10.1 Å². The van der Waals surface area contributed by atoms with E-state index < -0.39 is 5.97 Å². The Hall–Kier alpha value is -5.15. The van der Waals surface area contributed by atoms with Crippen molar-refractivity contribution in [3.63, 3.8) is 0 Å². The van der Waals surface area contributed by atoms with Gasteiger partial charge in [0, 0.05) is 30.9 Å². The number of nitrogens with two attached hydrogens (primary N) is 1. The van der Waals surface area contributed by atoms with Crippen LogP contribution in [0.4, 0.5) is 11.8 Å². The maximum Gasteiger partial charge on any atom is 0.317 e. The van der Waals surface area contributed by atoms with Gasteiger partial charge in [0.25, 0.3) is 0 Å². The van der Waals surface area contributed by atoms with Gasteiger partial charge in [0.05, 0.1) is 48.0 Å². The Morgan fingerprint density at radius 1 is 1.08 bits per heavy atom. The van der Waals surface area contributed by atoms with Crippen molar-refractivity contribution in [1.29, 1.82) is 5.26 Å². The van der Waals surface area contributed by atoms with E-state index >= 15 is 0 Å². The summed E-state index contributed by atoms with van der Waals surface area (Å²) in [5.41, 5.74) is 10.4. The third-order valence-electron chi connectivity index (χ3n) is 6.01. The molecule has 1 saturated heterocycles. The van der Waals surface area contributed by atoms with Gasteiger partial charge in [0.1, 0.15) is 11.5 Å². The van der Waals surface area contributed by atoms with Gasteiger partial charge in [-0.3, -0.25) is 9.69 Å². The fraction of sp³-hybridized carbons (Fsp3) is 0.192. The maximum absolute atomic E-state index is 11.0. The van der Waals surface area contributed by atoms with E-state index in [2.05, 4.69) is 32.9 Å². The topological polar surface area (TPSA) is 163 Å². The molecule has 4 aromatic rings. The quantitative estimate of drug-likeness (QED) is 0.375. The van der Waals surface area contributed by atoms with Crippen molar-refractivity contribution in [2.75, 3.05) is 36.8 Å². The summed E-state index contributed by atoms with van der Waals surface area (Å²) in [6.07, 6.45) is 1.76. The molecule has 3 aromatic heterocycles. The Labute approximate surface area is 218 Å². The smallest absolute Gasteiger partial charge is 0.317 e. The second-order valence-electron chi connectivity index (χ2n) is 8.80. The Balaban J connectivity index is 1.32. The number of hydrogen-bond donors (Lipinski definition) is 2. The number of carbonyl (C=O) groups is 1. The molecule has 3 N–H and O–H groups in total. The number of benzene rings is 1. The van der Waals surface area contributed by atoms with E-state index in [4.69, 9.17) is 15.8 Å². The summed E-state index contributed by atoms with van der Waals surface area (Å²) in [6, 6.07) is 16.7. The van der Waals surface area contributed by atoms with Crippen LogP contribution in [0, 0.1) is 11.3 Å². The molecule has 0 saturated carbocycles. The molecule has 0 spiro atoms. The van der Waals surface area contributed by atoms with Crippen LogP contribution in [0.15, 0.2) is 67.0 Å². The molecular weight excluding hydrogens is 484 g/mol. The Bertz CT molecular complexity index is 1560. The number of aromatic nitrogens is 6. The number of carboxylic acids is 1. The Morgan fingerprint density at radius 2 is 1.89 bits per heavy atom. The highest BCUT2D eigenvalue weighted by Crippen LogP contribution is 2.24. The largest absolute Gasteiger partial charge is 0.480 e. The van der Waals surface area contributed by atoms with Crippen LogP contribution in [-0.4, -0.2) is 72.1 Å². The van der Waals surface area contributed by atoms with E-state index in [1.165, 1.54) is 0 Å². The molecule has 12 nitrogen and oxygen atoms in total. The highest BCUT2D eigenvalue weighted by Gasteiger charge is 2.23. The molecule has 190 valence electrons. The SMILES string of the molecule is C=C1CN(CC(=O)O)CCN1c1cccc(Cn2cc(-c3cc(-c4cccc(C#N)c4)nc(N)n3)nn2)n1. The minimum absolute atomic E-state index is 0.0132. The molecule has 1 aromatic carbocycles. The first-order chi connectivity index (χ1) is 18.4. The number of rotatable bonds is 7. The zero-order chi connectivity index (χ0) is 26.6. The van der Waals surface area contributed by atoms with Crippen molar-refractivity contribution in [3.05, 3.63) is 78.3 Å². The first-order valence-corrected chi connectivity index (χ1v) is 11.8. The van der Waals surface area contributed by atoms with Gasteiger partial charge in [0.15, 0.2) is 0 Å². The zero-order valence-electron chi connectivity index (χ0n) is 20.4. The minimum atomic E-state index is -0.854. The number of piperazine rings is 1. The van der Waals surface area contributed by atoms with Gasteiger partial charge in [-0.25, -0.2) is 19.6 Å². The lowest BCUT2D eigenvalue weighted by atomic mass is 10.1. The molecular formula is C26H24N10O2. The van der Waals surface area contributed by atoms with Crippen molar-refractivity contribution in [2.24, 2.45) is 0 Å². The molecule has 1 aliphatic rings. The molecule has 0 amide bonds. The molecule has 12 heteroatoms. The summed E-state index contributed by atoms with van der Waals surface area (Å²) in [4.78, 5) is 28.2. The van der Waals surface area contributed by atoms with E-state index in [1.807, 2.05) is 34.1 Å². The van der Waals surface area contributed by atoms with Crippen LogP contribution in [-0.2, 0) is 11.3 Å². The van der Waals surface area contributed by atoms with E-state index in [1.54, 1.807) is 35.1 Å². The summed E-state index contributed by atoms with van der Waals surface area (Å²) < 4.78 is 1.66. The Kier molecular flexibility index (Phi) is 6.75. The minimum Gasteiger partial charge on any atom is -0.480 e. The van der Waals surface area contributed by atoms with Crippen molar-refractivity contribution in [2.45, 2.75) is 6.54 Å². The van der Waals surface area contributed by atoms with Gasteiger partial charge in [-0.1, -0.05) is 30.0 Å². The third-order valence-corrected chi connectivity index (χ3v) is 6.01. The van der Waals surface area contributed by atoms with Crippen LogP contribution in [0.3, 0.4) is 0 Å². The predicted molar refractivity (Wildman–Crippen MR) is 140 cm³/mol. The fourth-order valence-corrected chi connectivity index (χ4v) is 4.28. The maximum atomic E-state index is 11.0. The lowest BCUT2D eigenvalue weighted by molar-refractivity contribution is -0.138. The number of aliphatic carboxylic acids is 1. The highest BCUT2D eigenvalue weighted by atomic mass is 16.4. The number of hydrogen-bond acceptors (Lipinski definition) is 10. The normalized spacial score (nSPS) is 13.9. The van der Waals surface area contributed by atoms with Crippen LogP contribution in [0.5, 0.6) is 0 Å². The lowest BCUT2D eigenvalue weighted by Crippen LogP contribution is -2.46. The molecule has 0 aliphatic carbocycles. The molecule has 1 fully saturated rings. The van der Waals surface area contributed by atoms with E-state index in [0.717, 1.165) is 22.8 Å². The average molecular weight is 509 g/mol. The summed E-state index contributed by atoms with van der Waals surface area (Å²) >= 11 is 0. The fourth-order valence-electron chi connectivity index (χ4n) is 4.28. The summed E-state index contributed by atoms with van der Waals surface area (Å²) in [5.74, 6) is -0.0178. The van der Waals surface area contributed by atoms with Gasteiger partial charge in [-0.2, -0.15) is 5.26 Å². The predicted octanol–water partition coefficient (Wildman–Crippen LogP) is 2.02. The highest BCUT2D eigenvalue weighted by molar-refractivity contribution is 5.69. The lowest BCUT2D eigenvalue weighted by Gasteiger charge is -2.36. The summed E-state index contributed by atoms with van der Waals surface area (Å²) in [6.45, 7) is 6.15. The van der Waals surface area contributed by atoms with Crippen molar-refractivity contribution >= 4 is 17.7 Å². The standard InChI is InChI=1S/C26H24N10O2/c1-17-13-34(16-25(37)38)8-9-36(17)24-7-3-6-20(29-24)14-35-15-23(32-33-35)22-11-21(30-26(28)31-22)19-5-2-4-18(10-19)12-27/h2-7,10-11,15H,1,8-9,13-14,16H2,(H,37,38)(H2,28,30,31). The van der Waals surface area contributed by atoms with Gasteiger partial charge in [-0.05, 0) is 30.3 Å². The van der Waals surface area contributed by atoms with Crippen molar-refractivity contribution in [1.82, 2.24) is 34.8 Å². The van der Waals surface area contributed by atoms with Crippen LogP contribution in [0.2, 0.25) is 0 Å². The number of nitrogens with zero attached hydrogens (tertiary/aromatic N) is 9. The molecule has 38 heavy (non-hydrogen) atoms. The number of pyridine rings is 1. The first kappa shape index (κ1) is 24.5. The van der Waals surface area contributed by atoms with E-state index in [0.29, 0.717) is 48.8 Å². The van der Waals surface area contributed by atoms with Gasteiger partial charge in [-0.15, -0.1) is 5.10 Å². The number of carboxylic acid groups (broad SMARTS) is 1. The van der Waals surface area contributed by atoms with Gasteiger partial charge >= 0.3 is 5.97 Å². The number of nitriles is 1. The van der Waals surface area contributed by atoms with Crippen LogP contribution < -0.4 is 10.6 Å². The zero-order valence-corrected chi connectivity index (χ0v) is 20.4. The molecule has 0 bridgehead atoms. The third kappa shape index (κ3) is 5.48. The molecule has 0 atom stereocenters. The number of nitrogen functional groups attached to an aromatic ring is 1. The average Bonchev–Trinajstić information content (AvgIpc) is 3.37. The second-order valence-corrected chi connectivity index (χ2v) is 8.80. The summed E-state index contributed by atoms with van der Waals surface area (Å²) in [7, 11) is 0. The van der Waals surface area contributed by atoms with Gasteiger partial charge < -0.3 is 15.7 Å². The molecule has 1 aliphatic heterocycles. The molecule has 4 heterocycles. The van der Waals surface area contributed by atoms with Crippen molar-refractivity contribution < 1.29 is 9.90 Å². The van der Waals surface area contributed by atoms with Crippen LogP contribution >= 0.6 is 0 Å². The first-order valence-electron chi connectivity index (χ1n) is 11.8. The number of anilines is 2. The van der Waals surface area contributed by atoms with Crippen LogP contribution in [0.1, 0.15) is 11.3 Å². The Morgan fingerprint density at radius 3 is 2.68 bits per heavy atom. The van der Waals surface area contributed by atoms with E-state index in [-0.39, 0.29) is 12.5 Å². The molecule has 0 unspecified atom stereocenters. The molecule has 0 radical (unpaired) electrons. The second kappa shape index (κ2) is 10.5. The van der Waals surface area contributed by atoms with Crippen molar-refractivity contribution in [3.8, 4) is 28.7 Å².